The lowest BCUT2D eigenvalue weighted by Crippen LogP contribution is -2.31. The first kappa shape index (κ1) is 15.4. The lowest BCUT2D eigenvalue weighted by molar-refractivity contribution is -0.122. The number of carbonyl (C=O) groups excluding carboxylic acids is 2. The largest absolute Gasteiger partial charge is 0.494 e. The van der Waals surface area contributed by atoms with E-state index in [4.69, 9.17) is 4.74 Å². The van der Waals surface area contributed by atoms with Crippen LogP contribution in [0.3, 0.4) is 0 Å². The second-order valence-corrected chi connectivity index (χ2v) is 5.86. The third-order valence-electron chi connectivity index (χ3n) is 4.33. The smallest absolute Gasteiger partial charge is 0.257 e. The fraction of sp³-hybridized carbons (Fsp3) is 0.211. The highest BCUT2D eigenvalue weighted by Gasteiger charge is 2.41. The highest BCUT2D eigenvalue weighted by atomic mass is 16.5. The number of para-hydroxylation sites is 2. The van der Waals surface area contributed by atoms with Crippen molar-refractivity contribution in [2.45, 2.75) is 19.4 Å². The van der Waals surface area contributed by atoms with E-state index >= 15 is 0 Å². The average Bonchev–Trinajstić information content (AvgIpc) is 3.16. The highest BCUT2D eigenvalue weighted by molar-refractivity contribution is 6.22. The number of imide groups is 1. The van der Waals surface area contributed by atoms with Gasteiger partial charge in [-0.25, -0.2) is 9.88 Å². The number of imidazole rings is 1. The van der Waals surface area contributed by atoms with E-state index in [9.17, 15) is 9.59 Å². The van der Waals surface area contributed by atoms with Crippen LogP contribution in [0.4, 0.5) is 5.69 Å². The number of hydrogen-bond acceptors (Lipinski definition) is 4. The maximum Gasteiger partial charge on any atom is 0.257 e. The van der Waals surface area contributed by atoms with Crippen molar-refractivity contribution in [1.82, 2.24) is 9.55 Å². The Bertz CT molecular complexity index is 963. The normalized spacial score (nSPS) is 17.5. The summed E-state index contributed by atoms with van der Waals surface area (Å²) in [6.45, 7) is 2.41. The van der Waals surface area contributed by atoms with Gasteiger partial charge in [0.15, 0.2) is 0 Å². The zero-order valence-corrected chi connectivity index (χ0v) is 13.8. The summed E-state index contributed by atoms with van der Waals surface area (Å²) in [6, 6.07) is 14.0. The quantitative estimate of drug-likeness (QED) is 0.688. The van der Waals surface area contributed by atoms with Gasteiger partial charge >= 0.3 is 0 Å². The summed E-state index contributed by atoms with van der Waals surface area (Å²) in [6.07, 6.45) is 1.75. The fourth-order valence-corrected chi connectivity index (χ4v) is 3.21. The molecular formula is C19H17N3O3. The number of carbonyl (C=O) groups is 2. The van der Waals surface area contributed by atoms with Crippen molar-refractivity contribution < 1.29 is 14.3 Å². The van der Waals surface area contributed by atoms with Crippen LogP contribution < -0.4 is 9.64 Å². The van der Waals surface area contributed by atoms with Gasteiger partial charge in [0, 0.05) is 6.07 Å². The molecule has 1 saturated heterocycles. The molecule has 1 fully saturated rings. The first-order valence-corrected chi connectivity index (χ1v) is 8.20. The van der Waals surface area contributed by atoms with Crippen LogP contribution in [0.2, 0.25) is 0 Å². The SMILES string of the molecule is CCOc1cccc(N2C(=O)C[C@@H](n3cnc4ccccc43)C2=O)c1. The molecule has 0 unspecified atom stereocenters. The van der Waals surface area contributed by atoms with E-state index in [0.717, 1.165) is 11.0 Å². The lowest BCUT2D eigenvalue weighted by atomic mass is 10.2. The number of nitrogens with zero attached hydrogens (tertiary/aromatic N) is 3. The van der Waals surface area contributed by atoms with Crippen molar-refractivity contribution in [3.8, 4) is 5.75 Å². The van der Waals surface area contributed by atoms with E-state index in [2.05, 4.69) is 4.98 Å². The summed E-state index contributed by atoms with van der Waals surface area (Å²) in [5.41, 5.74) is 2.19. The average molecular weight is 335 g/mol. The molecule has 6 heteroatoms. The minimum Gasteiger partial charge on any atom is -0.494 e. The topological polar surface area (TPSA) is 64.4 Å². The van der Waals surface area contributed by atoms with E-state index in [1.807, 2.05) is 31.2 Å². The number of anilines is 1. The van der Waals surface area contributed by atoms with E-state index in [0.29, 0.717) is 18.0 Å². The molecule has 0 aliphatic carbocycles. The standard InChI is InChI=1S/C19H17N3O3/c1-2-25-14-7-5-6-13(10-14)22-18(23)11-17(19(22)24)21-12-20-15-8-3-4-9-16(15)21/h3-10,12,17H,2,11H2,1H3/t17-/m1/s1. The van der Waals surface area contributed by atoms with Gasteiger partial charge < -0.3 is 9.30 Å². The molecular weight excluding hydrogens is 318 g/mol. The van der Waals surface area contributed by atoms with Crippen molar-refractivity contribution in [3.05, 3.63) is 54.9 Å². The van der Waals surface area contributed by atoms with Gasteiger partial charge in [-0.2, -0.15) is 0 Å². The molecule has 4 rings (SSSR count). The molecule has 2 heterocycles. The third kappa shape index (κ3) is 2.55. The Morgan fingerprint density at radius 1 is 1.16 bits per heavy atom. The Hall–Kier alpha value is -3.15. The van der Waals surface area contributed by atoms with E-state index in [1.54, 1.807) is 35.2 Å². The molecule has 25 heavy (non-hydrogen) atoms. The zero-order chi connectivity index (χ0) is 17.4. The number of aromatic nitrogens is 2. The van der Waals surface area contributed by atoms with Crippen molar-refractivity contribution in [2.75, 3.05) is 11.5 Å². The second kappa shape index (κ2) is 6.05. The number of amides is 2. The van der Waals surface area contributed by atoms with Gasteiger partial charge in [-0.05, 0) is 31.2 Å². The van der Waals surface area contributed by atoms with Crippen LogP contribution in [0.15, 0.2) is 54.9 Å². The molecule has 0 radical (unpaired) electrons. The third-order valence-corrected chi connectivity index (χ3v) is 4.33. The van der Waals surface area contributed by atoms with E-state index in [-0.39, 0.29) is 18.2 Å². The second-order valence-electron chi connectivity index (χ2n) is 5.86. The van der Waals surface area contributed by atoms with Gasteiger partial charge in [0.2, 0.25) is 5.91 Å². The molecule has 1 aliphatic rings. The van der Waals surface area contributed by atoms with Crippen LogP contribution in [-0.2, 0) is 9.59 Å². The van der Waals surface area contributed by atoms with Crippen molar-refractivity contribution >= 4 is 28.5 Å². The number of benzene rings is 2. The Labute approximate surface area is 144 Å². The zero-order valence-electron chi connectivity index (χ0n) is 13.8. The van der Waals surface area contributed by atoms with E-state index < -0.39 is 6.04 Å². The van der Waals surface area contributed by atoms with Crippen LogP contribution in [0.25, 0.3) is 11.0 Å². The summed E-state index contributed by atoms with van der Waals surface area (Å²) in [7, 11) is 0. The summed E-state index contributed by atoms with van der Waals surface area (Å²) in [5.74, 6) is 0.167. The Balaban J connectivity index is 1.70. The molecule has 2 aromatic carbocycles. The molecule has 1 aliphatic heterocycles. The minimum absolute atomic E-state index is 0.123. The molecule has 0 saturated carbocycles. The lowest BCUT2D eigenvalue weighted by Gasteiger charge is -2.16. The number of rotatable bonds is 4. The summed E-state index contributed by atoms with van der Waals surface area (Å²) < 4.78 is 7.25. The molecule has 6 nitrogen and oxygen atoms in total. The predicted octanol–water partition coefficient (Wildman–Crippen LogP) is 2.94. The van der Waals surface area contributed by atoms with Crippen LogP contribution >= 0.6 is 0 Å². The molecule has 2 amide bonds. The molecule has 0 N–H and O–H groups in total. The molecule has 0 spiro atoms. The Morgan fingerprint density at radius 2 is 2.00 bits per heavy atom. The maximum atomic E-state index is 12.9. The summed E-state index contributed by atoms with van der Waals surface area (Å²) in [5, 5.41) is 0. The van der Waals surface area contributed by atoms with Crippen molar-refractivity contribution in [1.29, 1.82) is 0 Å². The number of ether oxygens (including phenoxy) is 1. The van der Waals surface area contributed by atoms with Crippen LogP contribution in [0.1, 0.15) is 19.4 Å². The molecule has 1 aromatic heterocycles. The van der Waals surface area contributed by atoms with Crippen molar-refractivity contribution in [2.24, 2.45) is 0 Å². The summed E-state index contributed by atoms with van der Waals surface area (Å²) in [4.78, 5) is 31.0. The van der Waals surface area contributed by atoms with Gasteiger partial charge in [0.25, 0.3) is 5.91 Å². The van der Waals surface area contributed by atoms with Gasteiger partial charge in [0.05, 0.1) is 36.1 Å². The first-order valence-electron chi connectivity index (χ1n) is 8.20. The summed E-state index contributed by atoms with van der Waals surface area (Å²) >= 11 is 0. The number of hydrogen-bond donors (Lipinski definition) is 0. The highest BCUT2D eigenvalue weighted by Crippen LogP contribution is 2.33. The molecule has 126 valence electrons. The van der Waals surface area contributed by atoms with Gasteiger partial charge in [0.1, 0.15) is 11.8 Å². The Morgan fingerprint density at radius 3 is 2.84 bits per heavy atom. The monoisotopic (exact) mass is 335 g/mol. The molecule has 0 bridgehead atoms. The first-order chi connectivity index (χ1) is 12.2. The van der Waals surface area contributed by atoms with Gasteiger partial charge in [-0.3, -0.25) is 9.59 Å². The van der Waals surface area contributed by atoms with Gasteiger partial charge in [-0.1, -0.05) is 18.2 Å². The maximum absolute atomic E-state index is 12.9. The minimum atomic E-state index is -0.573. The predicted molar refractivity (Wildman–Crippen MR) is 93.5 cm³/mol. The van der Waals surface area contributed by atoms with Crippen molar-refractivity contribution in [3.63, 3.8) is 0 Å². The van der Waals surface area contributed by atoms with Gasteiger partial charge in [-0.15, -0.1) is 0 Å². The van der Waals surface area contributed by atoms with Crippen LogP contribution in [0, 0.1) is 0 Å². The fourth-order valence-electron chi connectivity index (χ4n) is 3.21. The Kier molecular flexibility index (Phi) is 3.72. The van der Waals surface area contributed by atoms with E-state index in [1.165, 1.54) is 4.90 Å². The number of fused-ring (bicyclic) bond motifs is 1. The van der Waals surface area contributed by atoms with Crippen LogP contribution in [-0.4, -0.2) is 28.0 Å². The van der Waals surface area contributed by atoms with Crippen LogP contribution in [0.5, 0.6) is 5.75 Å². The molecule has 3 aromatic rings. The molecule has 1 atom stereocenters.